The Hall–Kier alpha value is -3.36. The van der Waals surface area contributed by atoms with Gasteiger partial charge in [0, 0.05) is 17.6 Å². The molecule has 2 amide bonds. The molecule has 41 heavy (non-hydrogen) atoms. The molecule has 0 unspecified atom stereocenters. The standard InChI is InChI=1S/C32H38ClN3O4S/c1-3-29(32(38)34-27-14-10-11-15-27)35(21-20-25-12-6-4-7-13-25)31(37)23-36(30-19-18-26(33)22-24(30)2)41(39,40)28-16-8-5-9-17-28/h4-9,12-13,16-19,22,27,29H,3,10-11,14-15,20-21,23H2,1-2H3,(H,34,38)/t29-/m0/s1. The van der Waals surface area contributed by atoms with Crippen molar-refractivity contribution in [1.82, 2.24) is 10.2 Å². The van der Waals surface area contributed by atoms with Crippen LogP contribution in [0.4, 0.5) is 5.69 Å². The summed E-state index contributed by atoms with van der Waals surface area (Å²) in [6.45, 7) is 3.46. The summed E-state index contributed by atoms with van der Waals surface area (Å²) in [7, 11) is -4.11. The highest BCUT2D eigenvalue weighted by Crippen LogP contribution is 2.29. The molecule has 9 heteroatoms. The molecular formula is C32H38ClN3O4S. The molecule has 1 saturated carbocycles. The maximum Gasteiger partial charge on any atom is 0.264 e. The lowest BCUT2D eigenvalue weighted by molar-refractivity contribution is -0.139. The Morgan fingerprint density at radius 2 is 1.61 bits per heavy atom. The molecular weight excluding hydrogens is 558 g/mol. The van der Waals surface area contributed by atoms with Crippen molar-refractivity contribution < 1.29 is 18.0 Å². The zero-order chi connectivity index (χ0) is 29.4. The van der Waals surface area contributed by atoms with Crippen molar-refractivity contribution in [2.24, 2.45) is 0 Å². The smallest absolute Gasteiger partial charge is 0.264 e. The maximum atomic E-state index is 14.2. The molecule has 0 radical (unpaired) electrons. The van der Waals surface area contributed by atoms with E-state index in [9.17, 15) is 18.0 Å². The summed E-state index contributed by atoms with van der Waals surface area (Å²) < 4.78 is 29.0. The Morgan fingerprint density at radius 3 is 2.22 bits per heavy atom. The Morgan fingerprint density at radius 1 is 0.976 bits per heavy atom. The van der Waals surface area contributed by atoms with E-state index < -0.39 is 28.5 Å². The average Bonchev–Trinajstić information content (AvgIpc) is 3.48. The van der Waals surface area contributed by atoms with Gasteiger partial charge in [0.25, 0.3) is 10.0 Å². The van der Waals surface area contributed by atoms with Gasteiger partial charge >= 0.3 is 0 Å². The summed E-state index contributed by atoms with van der Waals surface area (Å²) in [5, 5.41) is 3.61. The number of rotatable bonds is 12. The predicted molar refractivity (Wildman–Crippen MR) is 163 cm³/mol. The number of nitrogens with one attached hydrogen (secondary N) is 1. The van der Waals surface area contributed by atoms with Gasteiger partial charge in [-0.25, -0.2) is 8.42 Å². The summed E-state index contributed by atoms with van der Waals surface area (Å²) >= 11 is 6.19. The molecule has 1 aliphatic rings. The van der Waals surface area contributed by atoms with E-state index in [1.807, 2.05) is 37.3 Å². The number of hydrogen-bond donors (Lipinski definition) is 1. The van der Waals surface area contributed by atoms with E-state index in [0.29, 0.717) is 29.1 Å². The first-order valence-electron chi connectivity index (χ1n) is 14.2. The lowest BCUT2D eigenvalue weighted by atomic mass is 10.1. The topological polar surface area (TPSA) is 86.8 Å². The zero-order valence-electron chi connectivity index (χ0n) is 23.6. The van der Waals surface area contributed by atoms with Crippen LogP contribution in [0, 0.1) is 6.92 Å². The summed E-state index contributed by atoms with van der Waals surface area (Å²) in [5.41, 5.74) is 2.00. The van der Waals surface area contributed by atoms with Gasteiger partial charge in [-0.3, -0.25) is 13.9 Å². The van der Waals surface area contributed by atoms with Gasteiger partial charge in [0.1, 0.15) is 12.6 Å². The van der Waals surface area contributed by atoms with E-state index in [0.717, 1.165) is 35.6 Å². The molecule has 0 saturated heterocycles. The lowest BCUT2D eigenvalue weighted by Gasteiger charge is -2.34. The minimum Gasteiger partial charge on any atom is -0.352 e. The number of carbonyl (C=O) groups excluding carboxylic acids is 2. The van der Waals surface area contributed by atoms with Gasteiger partial charge in [-0.2, -0.15) is 0 Å². The number of nitrogens with zero attached hydrogens (tertiary/aromatic N) is 2. The minimum absolute atomic E-state index is 0.0732. The molecule has 0 aromatic heterocycles. The minimum atomic E-state index is -4.11. The van der Waals surface area contributed by atoms with E-state index in [1.54, 1.807) is 48.2 Å². The zero-order valence-corrected chi connectivity index (χ0v) is 25.2. The summed E-state index contributed by atoms with van der Waals surface area (Å²) in [6.07, 6.45) is 4.95. The molecule has 0 aliphatic heterocycles. The Kier molecular flexibility index (Phi) is 10.5. The summed E-state index contributed by atoms with van der Waals surface area (Å²) in [4.78, 5) is 29.3. The fourth-order valence-electron chi connectivity index (χ4n) is 5.40. The van der Waals surface area contributed by atoms with Crippen LogP contribution in [0.5, 0.6) is 0 Å². The second-order valence-electron chi connectivity index (χ2n) is 10.5. The van der Waals surface area contributed by atoms with Gasteiger partial charge in [0.2, 0.25) is 11.8 Å². The van der Waals surface area contributed by atoms with Gasteiger partial charge in [0.15, 0.2) is 0 Å². The molecule has 0 bridgehead atoms. The van der Waals surface area contributed by atoms with Crippen molar-refractivity contribution in [3.05, 3.63) is 95.0 Å². The van der Waals surface area contributed by atoms with E-state index in [-0.39, 0.29) is 23.4 Å². The van der Waals surface area contributed by atoms with Crippen LogP contribution in [0.1, 0.15) is 50.2 Å². The van der Waals surface area contributed by atoms with Crippen LogP contribution in [0.15, 0.2) is 83.8 Å². The van der Waals surface area contributed by atoms with Crippen molar-refractivity contribution >= 4 is 39.1 Å². The number of sulfonamides is 1. The molecule has 3 aromatic carbocycles. The van der Waals surface area contributed by atoms with Crippen LogP contribution in [0.25, 0.3) is 0 Å². The number of anilines is 1. The fraction of sp³-hybridized carbons (Fsp3) is 0.375. The number of hydrogen-bond acceptors (Lipinski definition) is 4. The summed E-state index contributed by atoms with van der Waals surface area (Å²) in [5.74, 6) is -0.635. The third-order valence-corrected chi connectivity index (χ3v) is 9.62. The maximum absolute atomic E-state index is 14.2. The Bertz CT molecular complexity index is 1430. The van der Waals surface area contributed by atoms with E-state index in [2.05, 4.69) is 5.32 Å². The largest absolute Gasteiger partial charge is 0.352 e. The number of aryl methyl sites for hydroxylation is 1. The SMILES string of the molecule is CC[C@@H](C(=O)NC1CCCC1)N(CCc1ccccc1)C(=O)CN(c1ccc(Cl)cc1C)S(=O)(=O)c1ccccc1. The van der Waals surface area contributed by atoms with Crippen LogP contribution < -0.4 is 9.62 Å². The predicted octanol–water partition coefficient (Wildman–Crippen LogP) is 5.75. The normalized spacial score (nSPS) is 14.4. The molecule has 7 nitrogen and oxygen atoms in total. The van der Waals surface area contributed by atoms with Crippen molar-refractivity contribution in [3.63, 3.8) is 0 Å². The molecule has 1 atom stereocenters. The van der Waals surface area contributed by atoms with Crippen LogP contribution >= 0.6 is 11.6 Å². The van der Waals surface area contributed by atoms with Crippen LogP contribution in [0.2, 0.25) is 5.02 Å². The molecule has 4 rings (SSSR count). The van der Waals surface area contributed by atoms with Crippen molar-refractivity contribution in [3.8, 4) is 0 Å². The quantitative estimate of drug-likeness (QED) is 0.289. The second kappa shape index (κ2) is 14.0. The Labute approximate surface area is 248 Å². The van der Waals surface area contributed by atoms with Gasteiger partial charge in [-0.15, -0.1) is 0 Å². The first kappa shape index (κ1) is 30.6. The van der Waals surface area contributed by atoms with Crippen LogP contribution in [-0.2, 0) is 26.0 Å². The third-order valence-electron chi connectivity index (χ3n) is 7.61. The van der Waals surface area contributed by atoms with Gasteiger partial charge in [-0.05, 0) is 74.1 Å². The van der Waals surface area contributed by atoms with Crippen LogP contribution in [-0.4, -0.2) is 50.3 Å². The molecule has 1 fully saturated rings. The number of halogens is 1. The van der Waals surface area contributed by atoms with Gasteiger partial charge in [0.05, 0.1) is 10.6 Å². The highest BCUT2D eigenvalue weighted by atomic mass is 35.5. The van der Waals surface area contributed by atoms with Gasteiger partial charge < -0.3 is 10.2 Å². The van der Waals surface area contributed by atoms with Crippen LogP contribution in [0.3, 0.4) is 0 Å². The first-order valence-corrected chi connectivity index (χ1v) is 16.0. The first-order chi connectivity index (χ1) is 19.7. The second-order valence-corrected chi connectivity index (χ2v) is 12.8. The van der Waals surface area contributed by atoms with Crippen molar-refractivity contribution in [1.29, 1.82) is 0 Å². The fourth-order valence-corrected chi connectivity index (χ4v) is 7.12. The number of benzene rings is 3. The average molecular weight is 596 g/mol. The molecule has 0 heterocycles. The third kappa shape index (κ3) is 7.68. The molecule has 1 N–H and O–H groups in total. The van der Waals surface area contributed by atoms with Gasteiger partial charge in [-0.1, -0.05) is 79.9 Å². The highest BCUT2D eigenvalue weighted by molar-refractivity contribution is 7.92. The Balaban J connectivity index is 1.69. The number of carbonyl (C=O) groups is 2. The van der Waals surface area contributed by atoms with E-state index in [4.69, 9.17) is 11.6 Å². The molecule has 3 aromatic rings. The van der Waals surface area contributed by atoms with E-state index >= 15 is 0 Å². The number of amides is 2. The molecule has 218 valence electrons. The molecule has 1 aliphatic carbocycles. The highest BCUT2D eigenvalue weighted by Gasteiger charge is 2.34. The van der Waals surface area contributed by atoms with Crippen molar-refractivity contribution in [2.75, 3.05) is 17.4 Å². The van der Waals surface area contributed by atoms with Crippen molar-refractivity contribution in [2.45, 2.75) is 69.4 Å². The molecule has 0 spiro atoms. The monoisotopic (exact) mass is 595 g/mol. The van der Waals surface area contributed by atoms with E-state index in [1.165, 1.54) is 12.1 Å². The summed E-state index contributed by atoms with van der Waals surface area (Å²) in [6, 6.07) is 22.1. The lowest BCUT2D eigenvalue weighted by Crippen LogP contribution is -2.54.